The lowest BCUT2D eigenvalue weighted by Gasteiger charge is -2.42. The number of hydrogen-bond donors (Lipinski definition) is 1. The number of amides is 1. The van der Waals surface area contributed by atoms with Crippen molar-refractivity contribution in [2.45, 2.75) is 50.4 Å². The van der Waals surface area contributed by atoms with Gasteiger partial charge < -0.3 is 10.2 Å². The summed E-state index contributed by atoms with van der Waals surface area (Å²) in [6.45, 7) is 4.97. The van der Waals surface area contributed by atoms with E-state index in [0.29, 0.717) is 18.2 Å². The largest absolute Gasteiger partial charge is 0.355 e. The van der Waals surface area contributed by atoms with Crippen molar-refractivity contribution < 1.29 is 4.79 Å². The first-order valence-electron chi connectivity index (χ1n) is 10.1. The fourth-order valence-electron chi connectivity index (χ4n) is 4.57. The van der Waals surface area contributed by atoms with Gasteiger partial charge in [-0.05, 0) is 37.7 Å². The zero-order valence-corrected chi connectivity index (χ0v) is 15.9. The highest BCUT2D eigenvalue weighted by Crippen LogP contribution is 2.41. The highest BCUT2D eigenvalue weighted by molar-refractivity contribution is 5.96. The second-order valence-corrected chi connectivity index (χ2v) is 8.46. The quantitative estimate of drug-likeness (QED) is 0.911. The van der Waals surface area contributed by atoms with Crippen LogP contribution in [0.15, 0.2) is 30.3 Å². The van der Waals surface area contributed by atoms with Crippen molar-refractivity contribution in [3.63, 3.8) is 0 Å². The van der Waals surface area contributed by atoms with Gasteiger partial charge in [0.15, 0.2) is 0 Å². The van der Waals surface area contributed by atoms with E-state index < -0.39 is 0 Å². The van der Waals surface area contributed by atoms with Crippen LogP contribution in [0, 0.1) is 0 Å². The molecule has 1 unspecified atom stereocenters. The lowest BCUT2D eigenvalue weighted by atomic mass is 9.76. The van der Waals surface area contributed by atoms with Crippen molar-refractivity contribution in [2.24, 2.45) is 0 Å². The Bertz CT molecular complexity index is 877. The molecule has 2 aliphatic heterocycles. The molecule has 1 atom stereocenters. The van der Waals surface area contributed by atoms with E-state index in [9.17, 15) is 4.79 Å². The number of carbonyl (C=O) groups is 1. The normalized spacial score (nSPS) is 25.1. The fourth-order valence-corrected chi connectivity index (χ4v) is 4.57. The van der Waals surface area contributed by atoms with Crippen LogP contribution in [0.25, 0.3) is 0 Å². The smallest absolute Gasteiger partial charge is 0.270 e. The summed E-state index contributed by atoms with van der Waals surface area (Å²) in [5, 5.41) is 2.95. The molecule has 0 bridgehead atoms. The molecule has 3 aliphatic rings. The predicted octanol–water partition coefficient (Wildman–Crippen LogP) is 3.20. The van der Waals surface area contributed by atoms with Crippen molar-refractivity contribution >= 4 is 11.7 Å². The first kappa shape index (κ1) is 16.7. The van der Waals surface area contributed by atoms with E-state index in [0.717, 1.165) is 56.0 Å². The molecule has 0 radical (unpaired) electrons. The summed E-state index contributed by atoms with van der Waals surface area (Å²) in [5.74, 6) is 2.28. The summed E-state index contributed by atoms with van der Waals surface area (Å²) in [6, 6.07) is 10.8. The maximum absolute atomic E-state index is 12.4. The highest BCUT2D eigenvalue weighted by atomic mass is 16.1. The Morgan fingerprint density at radius 1 is 1.19 bits per heavy atom. The summed E-state index contributed by atoms with van der Waals surface area (Å²) in [4.78, 5) is 24.5. The van der Waals surface area contributed by atoms with E-state index in [1.54, 1.807) is 0 Å². The van der Waals surface area contributed by atoms with Crippen LogP contribution in [0.2, 0.25) is 0 Å². The predicted molar refractivity (Wildman–Crippen MR) is 105 cm³/mol. The fraction of sp³-hybridized carbons (Fsp3) is 0.500. The Labute approximate surface area is 160 Å². The standard InChI is InChI=1S/C22H26N4O/c1-22(16-6-3-2-4-7-16)11-5-13-26(14-22)20-17-10-12-23-21(27)18(17)24-19(25-20)15-8-9-15/h2-4,6-7,15H,5,8-14H2,1H3,(H,23,27). The Morgan fingerprint density at radius 2 is 2.00 bits per heavy atom. The van der Waals surface area contributed by atoms with Crippen molar-refractivity contribution in [3.8, 4) is 0 Å². The summed E-state index contributed by atoms with van der Waals surface area (Å²) in [6.07, 6.45) is 5.41. The number of aromatic nitrogens is 2. The molecule has 27 heavy (non-hydrogen) atoms. The van der Waals surface area contributed by atoms with E-state index in [2.05, 4.69) is 52.5 Å². The number of benzene rings is 1. The maximum atomic E-state index is 12.4. The molecule has 2 aromatic rings. The number of nitrogens with zero attached hydrogens (tertiary/aromatic N) is 3. The molecule has 1 aromatic carbocycles. The summed E-state index contributed by atoms with van der Waals surface area (Å²) in [7, 11) is 0. The highest BCUT2D eigenvalue weighted by Gasteiger charge is 2.37. The third-order valence-electron chi connectivity index (χ3n) is 6.29. The average molecular weight is 362 g/mol. The molecule has 1 amide bonds. The molecular weight excluding hydrogens is 336 g/mol. The zero-order chi connectivity index (χ0) is 18.4. The summed E-state index contributed by atoms with van der Waals surface area (Å²) < 4.78 is 0. The first-order valence-corrected chi connectivity index (χ1v) is 10.1. The van der Waals surface area contributed by atoms with Gasteiger partial charge >= 0.3 is 0 Å². The second kappa shape index (κ2) is 6.32. The molecule has 5 heteroatoms. The van der Waals surface area contributed by atoms with Gasteiger partial charge in [0.2, 0.25) is 0 Å². The summed E-state index contributed by atoms with van der Waals surface area (Å²) >= 11 is 0. The molecule has 3 heterocycles. The lowest BCUT2D eigenvalue weighted by Crippen LogP contribution is -2.46. The molecule has 5 rings (SSSR count). The third kappa shape index (κ3) is 2.99. The van der Waals surface area contributed by atoms with Crippen LogP contribution in [0.1, 0.15) is 66.0 Å². The van der Waals surface area contributed by atoms with E-state index in [1.165, 1.54) is 12.0 Å². The van der Waals surface area contributed by atoms with Crippen molar-refractivity contribution in [3.05, 3.63) is 53.0 Å². The minimum Gasteiger partial charge on any atom is -0.355 e. The van der Waals surface area contributed by atoms with Gasteiger partial charge in [-0.3, -0.25) is 4.79 Å². The van der Waals surface area contributed by atoms with Crippen molar-refractivity contribution in [1.29, 1.82) is 0 Å². The molecule has 1 N–H and O–H groups in total. The molecular formula is C22H26N4O. The zero-order valence-electron chi connectivity index (χ0n) is 15.9. The minimum absolute atomic E-state index is 0.0374. The van der Waals surface area contributed by atoms with Gasteiger partial charge in [-0.15, -0.1) is 0 Å². The van der Waals surface area contributed by atoms with Crippen molar-refractivity contribution in [1.82, 2.24) is 15.3 Å². The van der Waals surface area contributed by atoms with Crippen molar-refractivity contribution in [2.75, 3.05) is 24.5 Å². The topological polar surface area (TPSA) is 58.1 Å². The van der Waals surface area contributed by atoms with E-state index in [1.807, 2.05) is 0 Å². The van der Waals surface area contributed by atoms with Gasteiger partial charge in [0.05, 0.1) is 0 Å². The number of piperidine rings is 1. The van der Waals surface area contributed by atoms with E-state index >= 15 is 0 Å². The Hall–Kier alpha value is -2.43. The van der Waals surface area contributed by atoms with Gasteiger partial charge in [-0.2, -0.15) is 0 Å². The molecule has 1 aromatic heterocycles. The first-order chi connectivity index (χ1) is 13.1. The molecule has 1 saturated heterocycles. The number of hydrogen-bond acceptors (Lipinski definition) is 4. The maximum Gasteiger partial charge on any atom is 0.270 e. The van der Waals surface area contributed by atoms with Crippen LogP contribution in [0.4, 0.5) is 5.82 Å². The number of nitrogens with one attached hydrogen (secondary N) is 1. The third-order valence-corrected chi connectivity index (χ3v) is 6.29. The van der Waals surface area contributed by atoms with E-state index in [4.69, 9.17) is 4.98 Å². The Morgan fingerprint density at radius 3 is 2.78 bits per heavy atom. The summed E-state index contributed by atoms with van der Waals surface area (Å²) in [5.41, 5.74) is 3.15. The van der Waals surface area contributed by atoms with Gasteiger partial charge in [0.1, 0.15) is 17.3 Å². The number of anilines is 1. The van der Waals surface area contributed by atoms with Crippen LogP contribution in [-0.4, -0.2) is 35.5 Å². The minimum atomic E-state index is -0.0374. The van der Waals surface area contributed by atoms with Crippen LogP contribution >= 0.6 is 0 Å². The Kier molecular flexibility index (Phi) is 3.92. The molecule has 5 nitrogen and oxygen atoms in total. The molecule has 1 aliphatic carbocycles. The average Bonchev–Trinajstić information content (AvgIpc) is 3.54. The van der Waals surface area contributed by atoms with Crippen LogP contribution in [-0.2, 0) is 11.8 Å². The molecule has 1 saturated carbocycles. The molecule has 140 valence electrons. The van der Waals surface area contributed by atoms with Crippen LogP contribution < -0.4 is 10.2 Å². The van der Waals surface area contributed by atoms with Crippen LogP contribution in [0.5, 0.6) is 0 Å². The Balaban J connectivity index is 1.55. The number of carbonyl (C=O) groups excluding carboxylic acids is 1. The second-order valence-electron chi connectivity index (χ2n) is 8.46. The molecule has 0 spiro atoms. The van der Waals surface area contributed by atoms with Gasteiger partial charge in [-0.25, -0.2) is 9.97 Å². The van der Waals surface area contributed by atoms with Gasteiger partial charge in [0, 0.05) is 36.5 Å². The SMILES string of the molecule is CC1(c2ccccc2)CCCN(c2nc(C3CC3)nc3c2CCNC3=O)C1. The molecule has 2 fully saturated rings. The van der Waals surface area contributed by atoms with Gasteiger partial charge in [-0.1, -0.05) is 37.3 Å². The van der Waals surface area contributed by atoms with Crippen LogP contribution in [0.3, 0.4) is 0 Å². The monoisotopic (exact) mass is 362 g/mol. The number of fused-ring (bicyclic) bond motifs is 1. The number of rotatable bonds is 3. The lowest BCUT2D eigenvalue weighted by molar-refractivity contribution is 0.0940. The van der Waals surface area contributed by atoms with E-state index in [-0.39, 0.29) is 11.3 Å². The van der Waals surface area contributed by atoms with Gasteiger partial charge in [0.25, 0.3) is 5.91 Å².